The van der Waals surface area contributed by atoms with Gasteiger partial charge in [0.1, 0.15) is 11.4 Å². The van der Waals surface area contributed by atoms with Gasteiger partial charge in [0.25, 0.3) is 0 Å². The number of benzene rings is 1. The molecule has 1 saturated carbocycles. The SMILES string of the molecule is Cc1c(N2CC3C=CC(C(N)CC#N)C3C2)c(F)cc2c(=O)c(C(=O)O)cn(C3CC3)c12. The standard InChI is InChI=1S/C24H25FN4O3/c1-12-21-16(23(30)18(24(31)32)11-29(21)14-3-4-14)8-19(25)22(12)28-9-13-2-5-15(17(13)10-28)20(27)6-7-26/h2,5,8,11,13-15,17,20H,3-4,6,9-10,27H2,1H3,(H,31,32). The number of carbonyl (C=O) groups is 1. The molecule has 7 nitrogen and oxygen atoms in total. The number of pyridine rings is 1. The van der Waals surface area contributed by atoms with Crippen molar-refractivity contribution >= 4 is 22.6 Å². The van der Waals surface area contributed by atoms with Crippen LogP contribution in [0.1, 0.15) is 41.2 Å². The molecule has 2 heterocycles. The molecular weight excluding hydrogens is 411 g/mol. The number of halogens is 1. The van der Waals surface area contributed by atoms with Crippen LogP contribution in [-0.2, 0) is 0 Å². The van der Waals surface area contributed by atoms with Crippen molar-refractivity contribution in [1.82, 2.24) is 4.57 Å². The highest BCUT2D eigenvalue weighted by Gasteiger charge is 2.42. The van der Waals surface area contributed by atoms with Crippen LogP contribution in [0, 0.1) is 41.8 Å². The van der Waals surface area contributed by atoms with Crippen molar-refractivity contribution in [1.29, 1.82) is 5.26 Å². The highest BCUT2D eigenvalue weighted by Crippen LogP contribution is 2.44. The van der Waals surface area contributed by atoms with Gasteiger partial charge in [-0.15, -0.1) is 0 Å². The minimum atomic E-state index is -1.30. The number of carboxylic acids is 1. The molecule has 3 N–H and O–H groups in total. The Kier molecular flexibility index (Phi) is 4.82. The van der Waals surface area contributed by atoms with E-state index in [9.17, 15) is 14.7 Å². The molecule has 0 amide bonds. The lowest BCUT2D eigenvalue weighted by atomic mass is 9.85. The van der Waals surface area contributed by atoms with Crippen LogP contribution in [0.4, 0.5) is 10.1 Å². The van der Waals surface area contributed by atoms with Gasteiger partial charge in [0, 0.05) is 36.8 Å². The number of nitrogens with two attached hydrogens (primary N) is 1. The Balaban J connectivity index is 1.59. The van der Waals surface area contributed by atoms with Gasteiger partial charge in [0.15, 0.2) is 0 Å². The Hall–Kier alpha value is -3.18. The van der Waals surface area contributed by atoms with Crippen molar-refractivity contribution < 1.29 is 14.3 Å². The van der Waals surface area contributed by atoms with Crippen LogP contribution in [0.3, 0.4) is 0 Å². The fourth-order valence-electron chi connectivity index (χ4n) is 5.61. The van der Waals surface area contributed by atoms with E-state index in [1.54, 1.807) is 0 Å². The zero-order valence-corrected chi connectivity index (χ0v) is 17.8. The molecule has 5 rings (SSSR count). The summed E-state index contributed by atoms with van der Waals surface area (Å²) in [6.45, 7) is 3.06. The summed E-state index contributed by atoms with van der Waals surface area (Å²) >= 11 is 0. The molecule has 0 radical (unpaired) electrons. The van der Waals surface area contributed by atoms with Gasteiger partial charge in [0.05, 0.1) is 23.7 Å². The summed E-state index contributed by atoms with van der Waals surface area (Å²) in [5, 5.41) is 18.6. The molecule has 8 heteroatoms. The number of hydrogen-bond acceptors (Lipinski definition) is 5. The quantitative estimate of drug-likeness (QED) is 0.697. The highest BCUT2D eigenvalue weighted by atomic mass is 19.1. The zero-order valence-electron chi connectivity index (χ0n) is 17.8. The van der Waals surface area contributed by atoms with Crippen LogP contribution in [0.2, 0.25) is 0 Å². The number of nitrogens with zero attached hydrogens (tertiary/aromatic N) is 3. The average molecular weight is 436 g/mol. The maximum Gasteiger partial charge on any atom is 0.341 e. The van der Waals surface area contributed by atoms with Crippen LogP contribution in [0.15, 0.2) is 29.2 Å². The molecule has 4 atom stereocenters. The fourth-order valence-corrected chi connectivity index (χ4v) is 5.61. The van der Waals surface area contributed by atoms with Gasteiger partial charge in [-0.2, -0.15) is 5.26 Å². The molecule has 166 valence electrons. The number of hydrogen-bond donors (Lipinski definition) is 2. The second-order valence-corrected chi connectivity index (χ2v) is 9.26. The third-order valence-electron chi connectivity index (χ3n) is 7.27. The van der Waals surface area contributed by atoms with Crippen LogP contribution < -0.4 is 16.1 Å². The average Bonchev–Trinajstić information content (AvgIpc) is 3.38. The summed E-state index contributed by atoms with van der Waals surface area (Å²) in [5.41, 5.74) is 6.98. The van der Waals surface area contributed by atoms with Crippen LogP contribution >= 0.6 is 0 Å². The summed E-state index contributed by atoms with van der Waals surface area (Å²) in [4.78, 5) is 26.4. The van der Waals surface area contributed by atoms with E-state index in [0.29, 0.717) is 29.9 Å². The second-order valence-electron chi connectivity index (χ2n) is 9.26. The van der Waals surface area contributed by atoms with Crippen molar-refractivity contribution in [2.45, 2.75) is 38.3 Å². The van der Waals surface area contributed by atoms with E-state index in [1.165, 1.54) is 12.3 Å². The lowest BCUT2D eigenvalue weighted by molar-refractivity contribution is 0.0695. The van der Waals surface area contributed by atoms with E-state index in [-0.39, 0.29) is 47.2 Å². The number of anilines is 1. The van der Waals surface area contributed by atoms with Gasteiger partial charge < -0.3 is 20.3 Å². The van der Waals surface area contributed by atoms with E-state index in [0.717, 1.165) is 12.8 Å². The van der Waals surface area contributed by atoms with Crippen LogP contribution in [0.5, 0.6) is 0 Å². The Morgan fingerprint density at radius 1 is 1.38 bits per heavy atom. The highest BCUT2D eigenvalue weighted by molar-refractivity contribution is 5.95. The largest absolute Gasteiger partial charge is 0.477 e. The molecular formula is C24H25FN4O3. The summed E-state index contributed by atoms with van der Waals surface area (Å²) in [5.74, 6) is -1.28. The number of fused-ring (bicyclic) bond motifs is 2. The summed E-state index contributed by atoms with van der Waals surface area (Å²) in [6, 6.07) is 3.22. The predicted octanol–water partition coefficient (Wildman–Crippen LogP) is 2.96. The van der Waals surface area contributed by atoms with E-state index in [4.69, 9.17) is 11.0 Å². The molecule has 4 unspecified atom stereocenters. The van der Waals surface area contributed by atoms with Gasteiger partial charge in [-0.1, -0.05) is 12.2 Å². The zero-order chi connectivity index (χ0) is 22.7. The summed E-state index contributed by atoms with van der Waals surface area (Å²) in [6.07, 6.45) is 7.72. The van der Waals surface area contributed by atoms with Gasteiger partial charge in [-0.25, -0.2) is 9.18 Å². The summed E-state index contributed by atoms with van der Waals surface area (Å²) in [7, 11) is 0. The first-order chi connectivity index (χ1) is 15.3. The minimum absolute atomic E-state index is 0.0799. The third kappa shape index (κ3) is 3.11. The van der Waals surface area contributed by atoms with Crippen LogP contribution in [-0.4, -0.2) is 34.8 Å². The fraction of sp³-hybridized carbons (Fsp3) is 0.458. The number of rotatable bonds is 5. The lowest BCUT2D eigenvalue weighted by Crippen LogP contribution is -2.34. The Bertz CT molecular complexity index is 1260. The third-order valence-corrected chi connectivity index (χ3v) is 7.27. The van der Waals surface area contributed by atoms with Gasteiger partial charge in [-0.05, 0) is 49.1 Å². The van der Waals surface area contributed by atoms with Crippen molar-refractivity contribution in [2.75, 3.05) is 18.0 Å². The number of carboxylic acid groups (broad SMARTS) is 1. The Labute approximate surface area is 184 Å². The molecule has 32 heavy (non-hydrogen) atoms. The topological polar surface area (TPSA) is 112 Å². The molecule has 2 aromatic rings. The smallest absolute Gasteiger partial charge is 0.341 e. The maximum atomic E-state index is 15.4. The molecule has 1 saturated heterocycles. The normalized spacial score (nSPS) is 25.2. The van der Waals surface area contributed by atoms with Gasteiger partial charge >= 0.3 is 5.97 Å². The minimum Gasteiger partial charge on any atom is -0.477 e. The van der Waals surface area contributed by atoms with Gasteiger partial charge in [-0.3, -0.25) is 4.79 Å². The first-order valence-electron chi connectivity index (χ1n) is 11.0. The van der Waals surface area contributed by atoms with E-state index in [2.05, 4.69) is 18.2 Å². The molecule has 2 aliphatic carbocycles. The Morgan fingerprint density at radius 2 is 2.12 bits per heavy atom. The molecule has 1 aromatic carbocycles. The first kappa shape index (κ1) is 20.7. The maximum absolute atomic E-state index is 15.4. The molecule has 1 aromatic heterocycles. The van der Waals surface area contributed by atoms with Crippen molar-refractivity contribution in [3.8, 4) is 6.07 Å². The molecule has 0 spiro atoms. The number of aromatic nitrogens is 1. The Morgan fingerprint density at radius 3 is 2.78 bits per heavy atom. The van der Waals surface area contributed by atoms with Crippen molar-refractivity contribution in [3.05, 3.63) is 51.6 Å². The number of nitriles is 1. The van der Waals surface area contributed by atoms with Crippen LogP contribution in [0.25, 0.3) is 10.9 Å². The van der Waals surface area contributed by atoms with E-state index in [1.807, 2.05) is 16.4 Å². The molecule has 0 bridgehead atoms. The molecule has 1 aliphatic heterocycles. The first-order valence-corrected chi connectivity index (χ1v) is 11.0. The van der Waals surface area contributed by atoms with Crippen molar-refractivity contribution in [3.63, 3.8) is 0 Å². The molecule has 2 fully saturated rings. The predicted molar refractivity (Wildman–Crippen MR) is 118 cm³/mol. The number of aryl methyl sites for hydroxylation is 1. The number of aromatic carboxylic acids is 1. The van der Waals surface area contributed by atoms with E-state index < -0.39 is 17.2 Å². The van der Waals surface area contributed by atoms with Gasteiger partial charge in [0.2, 0.25) is 5.43 Å². The lowest BCUT2D eigenvalue weighted by Gasteiger charge is -2.26. The van der Waals surface area contributed by atoms with E-state index >= 15 is 4.39 Å². The molecule has 3 aliphatic rings. The second kappa shape index (κ2) is 7.45. The monoisotopic (exact) mass is 436 g/mol. The summed E-state index contributed by atoms with van der Waals surface area (Å²) < 4.78 is 17.3. The van der Waals surface area contributed by atoms with Crippen molar-refractivity contribution in [2.24, 2.45) is 23.5 Å².